The molecule has 1 spiro atoms. The Balaban J connectivity index is 1.96. The van der Waals surface area contributed by atoms with Crippen molar-refractivity contribution in [3.8, 4) is 0 Å². The Morgan fingerprint density at radius 3 is 2.50 bits per heavy atom. The third kappa shape index (κ3) is 1.94. The first-order valence-electron chi connectivity index (χ1n) is 8.22. The number of aliphatic hydroxyl groups excluding tert-OH is 1. The summed E-state index contributed by atoms with van der Waals surface area (Å²) in [6, 6.07) is 0. The number of hydrogen-bond donors (Lipinski definition) is 1. The van der Waals surface area contributed by atoms with Crippen LogP contribution in [0.2, 0.25) is 0 Å². The summed E-state index contributed by atoms with van der Waals surface area (Å²) in [6.45, 7) is 3.98. The fraction of sp³-hybridized carbons (Fsp3) is 0.765. The first-order chi connectivity index (χ1) is 10.5. The Bertz CT molecular complexity index is 505. The highest BCUT2D eigenvalue weighted by Crippen LogP contribution is 2.67. The molecule has 22 heavy (non-hydrogen) atoms. The molecule has 2 saturated carbocycles. The molecule has 1 N–H and O–H groups in total. The first-order valence-corrected chi connectivity index (χ1v) is 8.22. The van der Waals surface area contributed by atoms with Gasteiger partial charge in [0.15, 0.2) is 5.41 Å². The van der Waals surface area contributed by atoms with Gasteiger partial charge in [0, 0.05) is 0 Å². The predicted octanol–water partition coefficient (Wildman–Crippen LogP) is 1.98. The minimum Gasteiger partial charge on any atom is -0.465 e. The summed E-state index contributed by atoms with van der Waals surface area (Å²) in [6.07, 6.45) is 5.01. The summed E-state index contributed by atoms with van der Waals surface area (Å²) >= 11 is 0. The molecule has 0 amide bonds. The standard InChI is InChI=1S/C17H24O5/c1-3-21-14(19)17(15(20)22-4-2)9-11-5-6-12-13(18)7-8-16(11,12)10-17/h5,12-13,18H,3-4,6-10H2,1-2H3/t12-,13-,16+/m0/s1. The summed E-state index contributed by atoms with van der Waals surface area (Å²) in [5.74, 6) is -0.815. The fourth-order valence-corrected chi connectivity index (χ4v) is 4.83. The number of allylic oxidation sites excluding steroid dienone is 2. The summed E-state index contributed by atoms with van der Waals surface area (Å²) in [7, 11) is 0. The quantitative estimate of drug-likeness (QED) is 0.488. The molecule has 0 aliphatic heterocycles. The van der Waals surface area contributed by atoms with Crippen LogP contribution >= 0.6 is 0 Å². The van der Waals surface area contributed by atoms with Crippen molar-refractivity contribution in [1.82, 2.24) is 0 Å². The van der Waals surface area contributed by atoms with E-state index in [-0.39, 0.29) is 30.7 Å². The average molecular weight is 308 g/mol. The Morgan fingerprint density at radius 1 is 1.27 bits per heavy atom. The van der Waals surface area contributed by atoms with E-state index in [0.29, 0.717) is 12.8 Å². The van der Waals surface area contributed by atoms with Gasteiger partial charge in [-0.25, -0.2) is 0 Å². The van der Waals surface area contributed by atoms with E-state index in [0.717, 1.165) is 24.8 Å². The van der Waals surface area contributed by atoms with Crippen LogP contribution in [0.15, 0.2) is 11.6 Å². The third-order valence-corrected chi connectivity index (χ3v) is 5.76. The largest absolute Gasteiger partial charge is 0.465 e. The number of ether oxygens (including phenoxy) is 2. The summed E-state index contributed by atoms with van der Waals surface area (Å²) in [4.78, 5) is 25.1. The Morgan fingerprint density at radius 2 is 1.91 bits per heavy atom. The highest BCUT2D eigenvalue weighted by atomic mass is 16.6. The third-order valence-electron chi connectivity index (χ3n) is 5.76. The average Bonchev–Trinajstić information content (AvgIpc) is 3.08. The zero-order valence-electron chi connectivity index (χ0n) is 13.3. The molecule has 5 heteroatoms. The molecule has 3 rings (SSSR count). The van der Waals surface area contributed by atoms with Gasteiger partial charge in [-0.15, -0.1) is 0 Å². The van der Waals surface area contributed by atoms with Crippen LogP contribution in [0.4, 0.5) is 0 Å². The molecule has 0 aromatic carbocycles. The molecule has 0 aromatic heterocycles. The molecule has 0 saturated heterocycles. The van der Waals surface area contributed by atoms with Crippen molar-refractivity contribution in [2.45, 2.75) is 52.1 Å². The molecule has 2 fully saturated rings. The molecule has 122 valence electrons. The fourth-order valence-electron chi connectivity index (χ4n) is 4.83. The Kier molecular flexibility index (Phi) is 3.79. The van der Waals surface area contributed by atoms with Crippen LogP contribution in [0.3, 0.4) is 0 Å². The SMILES string of the molecule is CCOC(=O)C1(C(=O)OCC)CC2=CC[C@H]3[C@@H](O)CC[C@@]23C1. The summed E-state index contributed by atoms with van der Waals surface area (Å²) < 4.78 is 10.4. The van der Waals surface area contributed by atoms with Crippen molar-refractivity contribution >= 4 is 11.9 Å². The monoisotopic (exact) mass is 308 g/mol. The molecule has 0 unspecified atom stereocenters. The number of carbonyl (C=O) groups is 2. The number of aliphatic hydroxyl groups is 1. The maximum absolute atomic E-state index is 12.6. The minimum absolute atomic E-state index is 0.133. The summed E-state index contributed by atoms with van der Waals surface area (Å²) in [5, 5.41) is 10.2. The van der Waals surface area contributed by atoms with Gasteiger partial charge in [0.1, 0.15) is 0 Å². The van der Waals surface area contributed by atoms with Crippen LogP contribution in [0, 0.1) is 16.7 Å². The van der Waals surface area contributed by atoms with Gasteiger partial charge in [-0.3, -0.25) is 9.59 Å². The lowest BCUT2D eigenvalue weighted by molar-refractivity contribution is -0.172. The predicted molar refractivity (Wildman–Crippen MR) is 78.8 cm³/mol. The maximum Gasteiger partial charge on any atom is 0.323 e. The molecule has 0 bridgehead atoms. The topological polar surface area (TPSA) is 72.8 Å². The molecule has 0 radical (unpaired) electrons. The highest BCUT2D eigenvalue weighted by molar-refractivity contribution is 6.01. The second-order valence-electron chi connectivity index (χ2n) is 6.71. The van der Waals surface area contributed by atoms with E-state index in [4.69, 9.17) is 9.47 Å². The van der Waals surface area contributed by atoms with Gasteiger partial charge in [-0.1, -0.05) is 11.6 Å². The van der Waals surface area contributed by atoms with E-state index in [2.05, 4.69) is 6.08 Å². The smallest absolute Gasteiger partial charge is 0.323 e. The number of rotatable bonds is 4. The van der Waals surface area contributed by atoms with Crippen molar-refractivity contribution in [2.75, 3.05) is 13.2 Å². The van der Waals surface area contributed by atoms with Crippen LogP contribution in [-0.2, 0) is 19.1 Å². The van der Waals surface area contributed by atoms with Crippen molar-refractivity contribution in [1.29, 1.82) is 0 Å². The van der Waals surface area contributed by atoms with E-state index in [1.54, 1.807) is 13.8 Å². The van der Waals surface area contributed by atoms with E-state index in [1.807, 2.05) is 0 Å². The lowest BCUT2D eigenvalue weighted by atomic mass is 9.73. The van der Waals surface area contributed by atoms with Crippen molar-refractivity contribution in [3.63, 3.8) is 0 Å². The second-order valence-corrected chi connectivity index (χ2v) is 6.71. The minimum atomic E-state index is -1.22. The van der Waals surface area contributed by atoms with Gasteiger partial charge in [0.2, 0.25) is 0 Å². The van der Waals surface area contributed by atoms with Gasteiger partial charge in [0.05, 0.1) is 19.3 Å². The van der Waals surface area contributed by atoms with Gasteiger partial charge in [-0.05, 0) is 57.3 Å². The zero-order valence-corrected chi connectivity index (χ0v) is 13.3. The second kappa shape index (κ2) is 5.37. The van der Waals surface area contributed by atoms with Crippen LogP contribution in [0.25, 0.3) is 0 Å². The molecule has 3 atom stereocenters. The van der Waals surface area contributed by atoms with Gasteiger partial charge in [0.25, 0.3) is 0 Å². The van der Waals surface area contributed by atoms with Crippen molar-refractivity contribution in [2.24, 2.45) is 16.7 Å². The van der Waals surface area contributed by atoms with Crippen molar-refractivity contribution in [3.05, 3.63) is 11.6 Å². The molecule has 0 heterocycles. The number of esters is 2. The van der Waals surface area contributed by atoms with Crippen molar-refractivity contribution < 1.29 is 24.2 Å². The van der Waals surface area contributed by atoms with Crippen LogP contribution in [-0.4, -0.2) is 36.4 Å². The van der Waals surface area contributed by atoms with E-state index < -0.39 is 17.4 Å². The molecular formula is C17H24O5. The molecule has 0 aromatic rings. The van der Waals surface area contributed by atoms with E-state index in [1.165, 1.54) is 0 Å². The molecule has 3 aliphatic rings. The lowest BCUT2D eigenvalue weighted by Gasteiger charge is -2.31. The number of carbonyl (C=O) groups excluding carboxylic acids is 2. The normalized spacial score (nSPS) is 34.8. The van der Waals surface area contributed by atoms with Crippen LogP contribution in [0.5, 0.6) is 0 Å². The van der Waals surface area contributed by atoms with Gasteiger partial charge < -0.3 is 14.6 Å². The Labute approximate surface area is 130 Å². The molecule has 5 nitrogen and oxygen atoms in total. The number of hydrogen-bond acceptors (Lipinski definition) is 5. The highest BCUT2D eigenvalue weighted by Gasteiger charge is 2.66. The van der Waals surface area contributed by atoms with Gasteiger partial charge >= 0.3 is 11.9 Å². The van der Waals surface area contributed by atoms with Crippen LogP contribution < -0.4 is 0 Å². The zero-order chi connectivity index (χ0) is 16.0. The summed E-state index contributed by atoms with van der Waals surface area (Å²) in [5.41, 5.74) is -0.283. The van der Waals surface area contributed by atoms with Gasteiger partial charge in [-0.2, -0.15) is 0 Å². The van der Waals surface area contributed by atoms with Crippen LogP contribution in [0.1, 0.15) is 46.0 Å². The maximum atomic E-state index is 12.6. The van der Waals surface area contributed by atoms with E-state index >= 15 is 0 Å². The molecular weight excluding hydrogens is 284 g/mol. The Hall–Kier alpha value is -1.36. The first kappa shape index (κ1) is 15.5. The lowest BCUT2D eigenvalue weighted by Crippen LogP contribution is -2.42. The van der Waals surface area contributed by atoms with E-state index in [9.17, 15) is 14.7 Å². The molecule has 3 aliphatic carbocycles.